The number of anilines is 1. The molecule has 1 aromatic rings. The van der Waals surface area contributed by atoms with Crippen molar-refractivity contribution in [1.29, 1.82) is 0 Å². The number of hydrogen-bond acceptors (Lipinski definition) is 2. The molecule has 0 atom stereocenters. The Morgan fingerprint density at radius 3 is 2.84 bits per heavy atom. The highest BCUT2D eigenvalue weighted by atomic mass is 79.9. The van der Waals surface area contributed by atoms with Crippen LogP contribution >= 0.6 is 15.9 Å². The van der Waals surface area contributed by atoms with Gasteiger partial charge in [-0.25, -0.2) is 4.79 Å². The lowest BCUT2D eigenvalue weighted by atomic mass is 9.85. The molecule has 3 nitrogen and oxygen atoms in total. The van der Waals surface area contributed by atoms with Crippen LogP contribution in [0.1, 0.15) is 24.8 Å². The molecule has 102 valence electrons. The summed E-state index contributed by atoms with van der Waals surface area (Å²) in [5, 5.41) is 8.75. The first-order valence-corrected chi connectivity index (χ1v) is 7.27. The van der Waals surface area contributed by atoms with Gasteiger partial charge in [0.1, 0.15) is 0 Å². The molecule has 1 aliphatic carbocycles. The molecule has 0 saturated heterocycles. The minimum atomic E-state index is -0.924. The molecule has 0 bridgehead atoms. The molecule has 2 rings (SSSR count). The highest BCUT2D eigenvalue weighted by molar-refractivity contribution is 9.10. The summed E-state index contributed by atoms with van der Waals surface area (Å²) >= 11 is 3.43. The highest BCUT2D eigenvalue weighted by Crippen LogP contribution is 2.31. The Bertz CT molecular complexity index is 495. The van der Waals surface area contributed by atoms with Gasteiger partial charge in [-0.1, -0.05) is 22.4 Å². The van der Waals surface area contributed by atoms with Crippen LogP contribution in [0.4, 0.5) is 5.69 Å². The van der Waals surface area contributed by atoms with Gasteiger partial charge in [0.2, 0.25) is 0 Å². The van der Waals surface area contributed by atoms with E-state index in [9.17, 15) is 4.79 Å². The fraction of sp³-hybridized carbons (Fsp3) is 0.400. The van der Waals surface area contributed by atoms with Crippen LogP contribution in [0.25, 0.3) is 6.08 Å². The second-order valence-corrected chi connectivity index (χ2v) is 5.97. The Balaban J connectivity index is 2.19. The monoisotopic (exact) mass is 323 g/mol. The predicted molar refractivity (Wildman–Crippen MR) is 81.4 cm³/mol. The number of hydrogen-bond donors (Lipinski definition) is 1. The Morgan fingerprint density at radius 2 is 2.26 bits per heavy atom. The van der Waals surface area contributed by atoms with Gasteiger partial charge in [-0.3, -0.25) is 0 Å². The zero-order valence-corrected chi connectivity index (χ0v) is 12.6. The lowest BCUT2D eigenvalue weighted by Crippen LogP contribution is -2.29. The molecule has 1 aromatic carbocycles. The molecule has 0 aliphatic heterocycles. The van der Waals surface area contributed by atoms with Crippen LogP contribution in [-0.2, 0) is 4.79 Å². The average Bonchev–Trinajstić information content (AvgIpc) is 2.31. The molecular weight excluding hydrogens is 306 g/mol. The average molecular weight is 324 g/mol. The van der Waals surface area contributed by atoms with E-state index in [4.69, 9.17) is 5.11 Å². The van der Waals surface area contributed by atoms with E-state index in [2.05, 4.69) is 27.9 Å². The lowest BCUT2D eigenvalue weighted by molar-refractivity contribution is -0.131. The maximum atomic E-state index is 10.7. The molecule has 0 unspecified atom stereocenters. The highest BCUT2D eigenvalue weighted by Gasteiger charge is 2.20. The number of carboxylic acid groups (broad SMARTS) is 1. The number of benzene rings is 1. The zero-order valence-electron chi connectivity index (χ0n) is 11.0. The van der Waals surface area contributed by atoms with Crippen LogP contribution in [0.15, 0.2) is 28.7 Å². The van der Waals surface area contributed by atoms with Crippen molar-refractivity contribution in [1.82, 2.24) is 0 Å². The molecule has 1 fully saturated rings. The van der Waals surface area contributed by atoms with E-state index >= 15 is 0 Å². The van der Waals surface area contributed by atoms with Gasteiger partial charge in [-0.05, 0) is 48.6 Å². The third-order valence-electron chi connectivity index (χ3n) is 3.56. The molecule has 4 heteroatoms. The second-order valence-electron chi connectivity index (χ2n) is 5.05. The predicted octanol–water partition coefficient (Wildman–Crippen LogP) is 3.78. The Labute approximate surface area is 122 Å². The summed E-state index contributed by atoms with van der Waals surface area (Å²) in [6, 6.07) is 5.97. The van der Waals surface area contributed by atoms with Crippen LogP contribution in [0.5, 0.6) is 0 Å². The van der Waals surface area contributed by atoms with Gasteiger partial charge in [0.25, 0.3) is 0 Å². The van der Waals surface area contributed by atoms with Gasteiger partial charge >= 0.3 is 5.97 Å². The molecule has 0 aromatic heterocycles. The summed E-state index contributed by atoms with van der Waals surface area (Å²) in [5.74, 6) is -0.141. The van der Waals surface area contributed by atoms with Crippen molar-refractivity contribution in [2.45, 2.75) is 19.3 Å². The van der Waals surface area contributed by atoms with Gasteiger partial charge in [0.05, 0.1) is 0 Å². The summed E-state index contributed by atoms with van der Waals surface area (Å²) in [5.41, 5.74) is 2.01. The molecule has 0 spiro atoms. The molecule has 1 aliphatic rings. The van der Waals surface area contributed by atoms with E-state index in [0.717, 1.165) is 28.2 Å². The van der Waals surface area contributed by atoms with Crippen LogP contribution in [0.3, 0.4) is 0 Å². The SMILES string of the molecule is CN(CC1CCC1)c1ccc(Br)cc1/C=C/C(=O)O. The largest absolute Gasteiger partial charge is 0.478 e. The van der Waals surface area contributed by atoms with Gasteiger partial charge in [0, 0.05) is 29.8 Å². The van der Waals surface area contributed by atoms with Gasteiger partial charge < -0.3 is 10.0 Å². The molecule has 1 N–H and O–H groups in total. The van der Waals surface area contributed by atoms with Crippen molar-refractivity contribution in [3.8, 4) is 0 Å². The van der Waals surface area contributed by atoms with Crippen molar-refractivity contribution in [3.63, 3.8) is 0 Å². The topological polar surface area (TPSA) is 40.5 Å². The molecule has 0 heterocycles. The quantitative estimate of drug-likeness (QED) is 0.838. The summed E-state index contributed by atoms with van der Waals surface area (Å²) in [6.45, 7) is 1.04. The van der Waals surface area contributed by atoms with E-state index in [1.165, 1.54) is 25.3 Å². The fourth-order valence-electron chi connectivity index (χ4n) is 2.33. The van der Waals surface area contributed by atoms with Gasteiger partial charge in [-0.2, -0.15) is 0 Å². The summed E-state index contributed by atoms with van der Waals surface area (Å²) < 4.78 is 0.957. The van der Waals surface area contributed by atoms with Crippen molar-refractivity contribution in [3.05, 3.63) is 34.3 Å². The molecule has 0 radical (unpaired) electrons. The van der Waals surface area contributed by atoms with Crippen LogP contribution < -0.4 is 4.90 Å². The minimum Gasteiger partial charge on any atom is -0.478 e. The third kappa shape index (κ3) is 3.83. The van der Waals surface area contributed by atoms with Crippen molar-refractivity contribution >= 4 is 33.7 Å². The maximum absolute atomic E-state index is 10.7. The van der Waals surface area contributed by atoms with E-state index in [1.54, 1.807) is 6.08 Å². The lowest BCUT2D eigenvalue weighted by Gasteiger charge is -2.32. The zero-order chi connectivity index (χ0) is 13.8. The smallest absolute Gasteiger partial charge is 0.328 e. The van der Waals surface area contributed by atoms with E-state index in [-0.39, 0.29) is 0 Å². The number of rotatable bonds is 5. The number of carboxylic acids is 1. The molecular formula is C15H18BrNO2. The summed E-state index contributed by atoms with van der Waals surface area (Å²) in [4.78, 5) is 12.9. The summed E-state index contributed by atoms with van der Waals surface area (Å²) in [6.07, 6.45) is 6.79. The first kappa shape index (κ1) is 14.1. The van der Waals surface area contributed by atoms with Crippen molar-refractivity contribution < 1.29 is 9.90 Å². The Kier molecular flexibility index (Phi) is 4.64. The molecule has 19 heavy (non-hydrogen) atoms. The van der Waals surface area contributed by atoms with Crippen molar-refractivity contribution in [2.24, 2.45) is 5.92 Å². The number of aliphatic carboxylic acids is 1. The van der Waals surface area contributed by atoms with E-state index in [0.29, 0.717) is 0 Å². The van der Waals surface area contributed by atoms with Crippen LogP contribution in [0, 0.1) is 5.92 Å². The molecule has 1 saturated carbocycles. The van der Waals surface area contributed by atoms with Gasteiger partial charge in [0.15, 0.2) is 0 Å². The third-order valence-corrected chi connectivity index (χ3v) is 4.06. The standard InChI is InChI=1S/C15H18BrNO2/c1-17(10-11-3-2-4-11)14-7-6-13(16)9-12(14)5-8-15(18)19/h5-9,11H,2-4,10H2,1H3,(H,18,19)/b8-5+. The maximum Gasteiger partial charge on any atom is 0.328 e. The fourth-order valence-corrected chi connectivity index (χ4v) is 2.71. The number of halogens is 1. The van der Waals surface area contributed by atoms with E-state index < -0.39 is 5.97 Å². The van der Waals surface area contributed by atoms with Crippen LogP contribution in [0.2, 0.25) is 0 Å². The minimum absolute atomic E-state index is 0.782. The Hall–Kier alpha value is -1.29. The van der Waals surface area contributed by atoms with E-state index in [1.807, 2.05) is 18.2 Å². The summed E-state index contributed by atoms with van der Waals surface area (Å²) in [7, 11) is 2.07. The normalized spacial score (nSPS) is 15.5. The van der Waals surface area contributed by atoms with Crippen LogP contribution in [-0.4, -0.2) is 24.7 Å². The molecule has 0 amide bonds. The number of nitrogens with zero attached hydrogens (tertiary/aromatic N) is 1. The second kappa shape index (κ2) is 6.24. The van der Waals surface area contributed by atoms with Gasteiger partial charge in [-0.15, -0.1) is 0 Å². The Morgan fingerprint density at radius 1 is 1.53 bits per heavy atom. The first-order valence-electron chi connectivity index (χ1n) is 6.48. The number of carbonyl (C=O) groups is 1. The first-order chi connectivity index (χ1) is 9.06. The van der Waals surface area contributed by atoms with Crippen molar-refractivity contribution in [2.75, 3.05) is 18.5 Å².